The van der Waals surface area contributed by atoms with Crippen LogP contribution in [0.2, 0.25) is 0 Å². The molecule has 0 rings (SSSR count). The fraction of sp³-hybridized carbons (Fsp3) is 0.667. The first kappa shape index (κ1) is 11.7. The minimum atomic E-state index is -3.92. The molecular weight excluding hydrogens is 225 g/mol. The van der Waals surface area contributed by atoms with Gasteiger partial charge in [-0.3, -0.25) is 0 Å². The zero-order chi connectivity index (χ0) is 8.91. The van der Waals surface area contributed by atoms with Crippen LogP contribution in [0.1, 0.15) is 0 Å². The largest absolute Gasteiger partial charge is 0.384 e. The Morgan fingerprint density at radius 3 is 2.64 bits per heavy atom. The van der Waals surface area contributed by atoms with Crippen LogP contribution in [-0.4, -0.2) is 26.4 Å². The molecule has 3 N–H and O–H groups in total. The number of rotatable bonds is 4. The summed E-state index contributed by atoms with van der Waals surface area (Å²) in [5.41, 5.74) is 0. The molecule has 0 heterocycles. The average Bonchev–Trinajstić information content (AvgIpc) is 1.78. The number of nitrogens with one attached hydrogen (secondary N) is 1. The Morgan fingerprint density at radius 1 is 1.73 bits per heavy atom. The summed E-state index contributed by atoms with van der Waals surface area (Å²) in [6.07, 6.45) is 0. The highest BCUT2D eigenvalue weighted by molar-refractivity contribution is 8.54. The molecular formula is C3H8NO3PS3. The van der Waals surface area contributed by atoms with E-state index in [0.717, 1.165) is 0 Å². The second-order valence-corrected chi connectivity index (χ2v) is 6.56. The second-order valence-electron chi connectivity index (χ2n) is 1.56. The van der Waals surface area contributed by atoms with E-state index in [0.29, 0.717) is 28.0 Å². The van der Waals surface area contributed by atoms with Crippen molar-refractivity contribution in [3.05, 3.63) is 0 Å². The predicted octanol–water partition coefficient (Wildman–Crippen LogP) is 0.617. The summed E-state index contributed by atoms with van der Waals surface area (Å²) in [7, 11) is 0. The highest BCUT2D eigenvalue weighted by atomic mass is 32.7. The minimum Gasteiger partial charge on any atom is -0.370 e. The second kappa shape index (κ2) is 5.40. The van der Waals surface area contributed by atoms with Crippen LogP contribution in [0.5, 0.6) is 0 Å². The number of thiocarbonyl (C=S) groups is 1. The Hall–Kier alpha value is 0.740. The van der Waals surface area contributed by atoms with E-state index in [1.165, 1.54) is 0 Å². The third-order valence-electron chi connectivity index (χ3n) is 0.638. The zero-order valence-electron chi connectivity index (χ0n) is 5.43. The molecule has 0 radical (unpaired) electrons. The van der Waals surface area contributed by atoms with Crippen LogP contribution in [0.25, 0.3) is 0 Å². The normalized spacial score (nSPS) is 11.2. The lowest BCUT2D eigenvalue weighted by Crippen LogP contribution is -2.18. The molecule has 0 saturated heterocycles. The lowest BCUT2D eigenvalue weighted by molar-refractivity contribution is 0.397. The first-order chi connectivity index (χ1) is 4.92. The Bertz CT molecular complexity index is 181. The summed E-state index contributed by atoms with van der Waals surface area (Å²) in [4.78, 5) is 16.8. The van der Waals surface area contributed by atoms with Crippen molar-refractivity contribution in [1.29, 1.82) is 0 Å². The van der Waals surface area contributed by atoms with E-state index in [1.54, 1.807) is 0 Å². The average molecular weight is 233 g/mol. The van der Waals surface area contributed by atoms with Crippen molar-refractivity contribution in [2.45, 2.75) is 0 Å². The van der Waals surface area contributed by atoms with Crippen molar-refractivity contribution in [2.75, 3.05) is 12.3 Å². The highest BCUT2D eigenvalue weighted by Crippen LogP contribution is 2.49. The summed E-state index contributed by atoms with van der Waals surface area (Å²) in [6.45, 7) is -3.50. The van der Waals surface area contributed by atoms with Crippen molar-refractivity contribution in [1.82, 2.24) is 5.32 Å². The molecule has 0 atom stereocenters. The molecule has 0 aliphatic heterocycles. The molecule has 4 nitrogen and oxygen atoms in total. The van der Waals surface area contributed by atoms with Gasteiger partial charge in [0, 0.05) is 12.3 Å². The van der Waals surface area contributed by atoms with Gasteiger partial charge in [0.05, 0.1) is 0 Å². The third kappa shape index (κ3) is 10.7. The van der Waals surface area contributed by atoms with Crippen LogP contribution in [-0.2, 0) is 4.57 Å². The summed E-state index contributed by atoms with van der Waals surface area (Å²) in [6, 6.07) is 0. The summed E-state index contributed by atoms with van der Waals surface area (Å²) >= 11 is 8.90. The van der Waals surface area contributed by atoms with Gasteiger partial charge in [-0.2, -0.15) is 0 Å². The molecule has 11 heavy (non-hydrogen) atoms. The number of hydrogen-bond acceptors (Lipinski definition) is 3. The van der Waals surface area contributed by atoms with E-state index >= 15 is 0 Å². The third-order valence-corrected chi connectivity index (χ3v) is 3.22. The number of thiol groups is 1. The van der Waals surface area contributed by atoms with Crippen LogP contribution in [0, 0.1) is 0 Å². The molecule has 0 amide bonds. The van der Waals surface area contributed by atoms with E-state index < -0.39 is 6.80 Å². The van der Waals surface area contributed by atoms with Crippen LogP contribution in [0.15, 0.2) is 0 Å². The van der Waals surface area contributed by atoms with Gasteiger partial charge >= 0.3 is 6.80 Å². The van der Waals surface area contributed by atoms with Crippen LogP contribution in [0.3, 0.4) is 0 Å². The fourth-order valence-corrected chi connectivity index (χ4v) is 1.95. The van der Waals surface area contributed by atoms with Crippen LogP contribution in [0.4, 0.5) is 0 Å². The SMILES string of the molecule is O=P(O)(O)SCCNC(=S)S. The van der Waals surface area contributed by atoms with Crippen molar-refractivity contribution in [3.63, 3.8) is 0 Å². The van der Waals surface area contributed by atoms with E-state index in [9.17, 15) is 4.57 Å². The van der Waals surface area contributed by atoms with Gasteiger partial charge < -0.3 is 15.1 Å². The molecule has 0 aliphatic carbocycles. The van der Waals surface area contributed by atoms with Gasteiger partial charge in [0.2, 0.25) is 0 Å². The maximum Gasteiger partial charge on any atom is 0.384 e. The molecule has 0 aromatic rings. The lowest BCUT2D eigenvalue weighted by Gasteiger charge is -2.03. The van der Waals surface area contributed by atoms with Gasteiger partial charge in [-0.1, -0.05) is 12.2 Å². The van der Waals surface area contributed by atoms with Gasteiger partial charge in [0.1, 0.15) is 4.32 Å². The van der Waals surface area contributed by atoms with Crippen molar-refractivity contribution < 1.29 is 14.4 Å². The molecule has 0 bridgehead atoms. The van der Waals surface area contributed by atoms with Crippen LogP contribution >= 0.6 is 43.0 Å². The van der Waals surface area contributed by atoms with Crippen molar-refractivity contribution >= 4 is 47.3 Å². The molecule has 0 fully saturated rings. The quantitative estimate of drug-likeness (QED) is 0.247. The smallest absolute Gasteiger partial charge is 0.370 e. The summed E-state index contributed by atoms with van der Waals surface area (Å²) in [5, 5.41) is 2.65. The monoisotopic (exact) mass is 233 g/mol. The van der Waals surface area contributed by atoms with E-state index in [1.807, 2.05) is 0 Å². The van der Waals surface area contributed by atoms with Crippen molar-refractivity contribution in [3.8, 4) is 0 Å². The Labute approximate surface area is 79.5 Å². The Balaban J connectivity index is 3.29. The molecule has 66 valence electrons. The van der Waals surface area contributed by atoms with Gasteiger partial charge in [-0.05, 0) is 11.4 Å². The standard InChI is InChI=1S/C3H8NO3PS3/c5-8(6,7)11-2-1-4-3(9)10/h1-2H2,(H2,4,9,10)(H2,5,6,7). The topological polar surface area (TPSA) is 69.6 Å². The van der Waals surface area contributed by atoms with Gasteiger partial charge in [0.25, 0.3) is 0 Å². The summed E-state index contributed by atoms with van der Waals surface area (Å²) < 4.78 is 10.6. The lowest BCUT2D eigenvalue weighted by atomic mass is 10.8. The van der Waals surface area contributed by atoms with Crippen molar-refractivity contribution in [2.24, 2.45) is 0 Å². The van der Waals surface area contributed by atoms with Gasteiger partial charge in [0.15, 0.2) is 0 Å². The molecule has 0 aromatic carbocycles. The fourth-order valence-electron chi connectivity index (χ4n) is 0.323. The predicted molar refractivity (Wildman–Crippen MR) is 54.1 cm³/mol. The van der Waals surface area contributed by atoms with Crippen LogP contribution < -0.4 is 5.32 Å². The molecule has 0 unspecified atom stereocenters. The maximum absolute atomic E-state index is 10.3. The van der Waals surface area contributed by atoms with E-state index in [4.69, 9.17) is 9.79 Å². The Morgan fingerprint density at radius 2 is 2.27 bits per heavy atom. The van der Waals surface area contributed by atoms with Gasteiger partial charge in [-0.25, -0.2) is 4.57 Å². The maximum atomic E-state index is 10.3. The van der Waals surface area contributed by atoms with E-state index in [2.05, 4.69) is 30.2 Å². The minimum absolute atomic E-state index is 0.310. The first-order valence-corrected chi connectivity index (χ1v) is 6.64. The molecule has 0 aromatic heterocycles. The highest BCUT2D eigenvalue weighted by Gasteiger charge is 2.11. The molecule has 0 spiro atoms. The molecule has 0 saturated carbocycles. The summed E-state index contributed by atoms with van der Waals surface area (Å²) in [5.74, 6) is 0.310. The number of hydrogen-bond donors (Lipinski definition) is 4. The molecule has 8 heteroatoms. The zero-order valence-corrected chi connectivity index (χ0v) is 8.85. The van der Waals surface area contributed by atoms with Gasteiger partial charge in [-0.15, -0.1) is 12.6 Å². The first-order valence-electron chi connectivity index (χ1n) is 2.59. The Kier molecular flexibility index (Phi) is 5.76. The van der Waals surface area contributed by atoms with E-state index in [-0.39, 0.29) is 0 Å². The molecule has 0 aliphatic rings.